The molecule has 2 N–H and O–H groups in total. The van der Waals surface area contributed by atoms with Crippen LogP contribution in [0.25, 0.3) is 0 Å². The predicted octanol–water partition coefficient (Wildman–Crippen LogP) is 2.88. The van der Waals surface area contributed by atoms with E-state index in [1.165, 1.54) is 0 Å². The summed E-state index contributed by atoms with van der Waals surface area (Å²) in [5.74, 6) is -0.356. The molecule has 0 spiro atoms. The number of nitrogens with one attached hydrogen (secondary N) is 1. The largest absolute Gasteiger partial charge is 0.480 e. The van der Waals surface area contributed by atoms with Crippen molar-refractivity contribution in [1.29, 1.82) is 0 Å². The summed E-state index contributed by atoms with van der Waals surface area (Å²) in [7, 11) is 0. The molecule has 0 aliphatic rings. The van der Waals surface area contributed by atoms with Crippen LogP contribution in [-0.4, -0.2) is 23.0 Å². The highest BCUT2D eigenvalue weighted by atomic mass is 35.5. The maximum absolute atomic E-state index is 11.0. The fourth-order valence-corrected chi connectivity index (χ4v) is 1.54. The van der Waals surface area contributed by atoms with E-state index < -0.39 is 12.0 Å². The molecule has 0 aliphatic heterocycles. The standard InChI is InChI=1S/C12H16ClNO2/c1-9-4-6-10(7-5-9)14-11(12(15)16)3-2-8-13/h4-7,11,14H,2-3,8H2,1H3,(H,15,16). The number of anilines is 1. The molecular weight excluding hydrogens is 226 g/mol. The zero-order valence-corrected chi connectivity index (χ0v) is 10.00. The summed E-state index contributed by atoms with van der Waals surface area (Å²) < 4.78 is 0. The summed E-state index contributed by atoms with van der Waals surface area (Å²) in [4.78, 5) is 11.0. The van der Waals surface area contributed by atoms with Gasteiger partial charge < -0.3 is 10.4 Å². The molecule has 1 aromatic rings. The van der Waals surface area contributed by atoms with Gasteiger partial charge in [-0.15, -0.1) is 11.6 Å². The molecule has 4 heteroatoms. The van der Waals surface area contributed by atoms with Gasteiger partial charge in [-0.2, -0.15) is 0 Å². The molecule has 16 heavy (non-hydrogen) atoms. The molecule has 0 aromatic heterocycles. The van der Waals surface area contributed by atoms with Crippen LogP contribution in [0.15, 0.2) is 24.3 Å². The number of alkyl halides is 1. The number of hydrogen-bond donors (Lipinski definition) is 2. The highest BCUT2D eigenvalue weighted by Crippen LogP contribution is 2.12. The summed E-state index contributed by atoms with van der Waals surface area (Å²) in [6, 6.07) is 7.09. The third-order valence-electron chi connectivity index (χ3n) is 2.32. The van der Waals surface area contributed by atoms with E-state index in [-0.39, 0.29) is 0 Å². The van der Waals surface area contributed by atoms with E-state index in [0.717, 1.165) is 11.3 Å². The predicted molar refractivity (Wildman–Crippen MR) is 66.2 cm³/mol. The number of rotatable bonds is 6. The molecule has 1 aromatic carbocycles. The number of aryl methyl sites for hydroxylation is 1. The Bertz CT molecular complexity index is 337. The minimum absolute atomic E-state index is 0.485. The Morgan fingerprint density at radius 1 is 1.44 bits per heavy atom. The van der Waals surface area contributed by atoms with Crippen molar-refractivity contribution in [2.24, 2.45) is 0 Å². The zero-order valence-electron chi connectivity index (χ0n) is 9.24. The molecule has 3 nitrogen and oxygen atoms in total. The van der Waals surface area contributed by atoms with Crippen molar-refractivity contribution in [3.8, 4) is 0 Å². The molecule has 1 unspecified atom stereocenters. The van der Waals surface area contributed by atoms with E-state index in [0.29, 0.717) is 18.7 Å². The van der Waals surface area contributed by atoms with Crippen LogP contribution < -0.4 is 5.32 Å². The molecule has 1 rings (SSSR count). The van der Waals surface area contributed by atoms with Gasteiger partial charge in [0, 0.05) is 11.6 Å². The Hall–Kier alpha value is -1.22. The molecule has 0 bridgehead atoms. The normalized spacial score (nSPS) is 12.1. The topological polar surface area (TPSA) is 49.3 Å². The molecule has 0 saturated carbocycles. The first kappa shape index (κ1) is 12.8. The summed E-state index contributed by atoms with van der Waals surface area (Å²) in [5, 5.41) is 12.0. The number of benzene rings is 1. The molecule has 0 amide bonds. The number of carboxylic acids is 1. The Morgan fingerprint density at radius 2 is 2.06 bits per heavy atom. The molecule has 88 valence electrons. The van der Waals surface area contributed by atoms with E-state index in [1.807, 2.05) is 31.2 Å². The lowest BCUT2D eigenvalue weighted by Gasteiger charge is -2.15. The third kappa shape index (κ3) is 4.11. The van der Waals surface area contributed by atoms with Crippen molar-refractivity contribution in [3.63, 3.8) is 0 Å². The molecule has 1 atom stereocenters. The maximum Gasteiger partial charge on any atom is 0.326 e. The molecule has 0 fully saturated rings. The van der Waals surface area contributed by atoms with Gasteiger partial charge in [0.1, 0.15) is 6.04 Å². The van der Waals surface area contributed by atoms with E-state index in [1.54, 1.807) is 0 Å². The van der Waals surface area contributed by atoms with Gasteiger partial charge in [0.2, 0.25) is 0 Å². The number of halogens is 1. The Kier molecular flexibility index (Phi) is 5.12. The first-order chi connectivity index (χ1) is 7.63. The van der Waals surface area contributed by atoms with Gasteiger partial charge >= 0.3 is 5.97 Å². The van der Waals surface area contributed by atoms with E-state index >= 15 is 0 Å². The minimum atomic E-state index is -0.842. The van der Waals surface area contributed by atoms with Gasteiger partial charge in [0.15, 0.2) is 0 Å². The second-order valence-corrected chi connectivity index (χ2v) is 4.11. The smallest absolute Gasteiger partial charge is 0.326 e. The molecule has 0 aliphatic carbocycles. The van der Waals surface area contributed by atoms with Gasteiger partial charge in [-0.1, -0.05) is 17.7 Å². The molecule has 0 radical (unpaired) electrons. The monoisotopic (exact) mass is 241 g/mol. The molecular formula is C12H16ClNO2. The van der Waals surface area contributed by atoms with Crippen molar-refractivity contribution < 1.29 is 9.90 Å². The second-order valence-electron chi connectivity index (χ2n) is 3.73. The summed E-state index contributed by atoms with van der Waals surface area (Å²) in [5.41, 5.74) is 1.98. The first-order valence-electron chi connectivity index (χ1n) is 5.25. The number of carboxylic acid groups (broad SMARTS) is 1. The average Bonchev–Trinajstić information content (AvgIpc) is 2.26. The van der Waals surface area contributed by atoms with Crippen LogP contribution >= 0.6 is 11.6 Å². The Morgan fingerprint density at radius 3 is 2.56 bits per heavy atom. The van der Waals surface area contributed by atoms with Gasteiger partial charge in [0.25, 0.3) is 0 Å². The number of hydrogen-bond acceptors (Lipinski definition) is 2. The van der Waals surface area contributed by atoms with Crippen LogP contribution in [0.3, 0.4) is 0 Å². The maximum atomic E-state index is 11.0. The van der Waals surface area contributed by atoms with Gasteiger partial charge in [0.05, 0.1) is 0 Å². The van der Waals surface area contributed by atoms with Crippen LogP contribution in [0.5, 0.6) is 0 Å². The van der Waals surface area contributed by atoms with Gasteiger partial charge in [-0.05, 0) is 31.9 Å². The second kappa shape index (κ2) is 6.38. The van der Waals surface area contributed by atoms with Gasteiger partial charge in [-0.25, -0.2) is 4.79 Å². The zero-order chi connectivity index (χ0) is 12.0. The quantitative estimate of drug-likeness (QED) is 0.753. The van der Waals surface area contributed by atoms with Crippen LogP contribution in [0, 0.1) is 6.92 Å². The number of carbonyl (C=O) groups is 1. The SMILES string of the molecule is Cc1ccc(NC(CCCCl)C(=O)O)cc1. The Balaban J connectivity index is 2.60. The summed E-state index contributed by atoms with van der Waals surface area (Å²) in [6.07, 6.45) is 1.23. The fraction of sp³-hybridized carbons (Fsp3) is 0.417. The molecule has 0 heterocycles. The Labute approximate surface area is 100 Å². The van der Waals surface area contributed by atoms with Crippen molar-refractivity contribution in [1.82, 2.24) is 0 Å². The van der Waals surface area contributed by atoms with Crippen LogP contribution in [0.1, 0.15) is 18.4 Å². The lowest BCUT2D eigenvalue weighted by atomic mass is 10.1. The first-order valence-corrected chi connectivity index (χ1v) is 5.79. The van der Waals surface area contributed by atoms with Crippen LogP contribution in [-0.2, 0) is 4.79 Å². The molecule has 0 saturated heterocycles. The fourth-order valence-electron chi connectivity index (χ4n) is 1.39. The van der Waals surface area contributed by atoms with E-state index in [4.69, 9.17) is 16.7 Å². The lowest BCUT2D eigenvalue weighted by Crippen LogP contribution is -2.29. The highest BCUT2D eigenvalue weighted by Gasteiger charge is 2.15. The third-order valence-corrected chi connectivity index (χ3v) is 2.58. The minimum Gasteiger partial charge on any atom is -0.480 e. The van der Waals surface area contributed by atoms with E-state index in [9.17, 15) is 4.79 Å². The van der Waals surface area contributed by atoms with E-state index in [2.05, 4.69) is 5.32 Å². The summed E-state index contributed by atoms with van der Waals surface area (Å²) in [6.45, 7) is 1.99. The van der Waals surface area contributed by atoms with Crippen LogP contribution in [0.4, 0.5) is 5.69 Å². The summed E-state index contributed by atoms with van der Waals surface area (Å²) >= 11 is 5.55. The highest BCUT2D eigenvalue weighted by molar-refractivity contribution is 6.17. The lowest BCUT2D eigenvalue weighted by molar-refractivity contribution is -0.138. The van der Waals surface area contributed by atoms with Crippen molar-refractivity contribution in [2.45, 2.75) is 25.8 Å². The van der Waals surface area contributed by atoms with Crippen molar-refractivity contribution in [2.75, 3.05) is 11.2 Å². The van der Waals surface area contributed by atoms with Crippen molar-refractivity contribution >= 4 is 23.3 Å². The van der Waals surface area contributed by atoms with Crippen LogP contribution in [0.2, 0.25) is 0 Å². The average molecular weight is 242 g/mol. The van der Waals surface area contributed by atoms with Crippen molar-refractivity contribution in [3.05, 3.63) is 29.8 Å². The number of aliphatic carboxylic acids is 1. The van der Waals surface area contributed by atoms with Gasteiger partial charge in [-0.3, -0.25) is 0 Å².